The van der Waals surface area contributed by atoms with Crippen LogP contribution in [0.5, 0.6) is 0 Å². The lowest BCUT2D eigenvalue weighted by molar-refractivity contribution is -0.116. The summed E-state index contributed by atoms with van der Waals surface area (Å²) < 4.78 is 0. The van der Waals surface area contributed by atoms with Crippen molar-refractivity contribution in [2.24, 2.45) is 0 Å². The number of nitrogens with one attached hydrogen (secondary N) is 1. The third-order valence-corrected chi connectivity index (χ3v) is 6.93. The first-order chi connectivity index (χ1) is 16.5. The zero-order chi connectivity index (χ0) is 23.9. The summed E-state index contributed by atoms with van der Waals surface area (Å²) in [7, 11) is 0. The van der Waals surface area contributed by atoms with Gasteiger partial charge in [0.2, 0.25) is 5.91 Å². The minimum Gasteiger partial charge on any atom is -0.335 e. The van der Waals surface area contributed by atoms with Gasteiger partial charge < -0.3 is 15.1 Å². The summed E-state index contributed by atoms with van der Waals surface area (Å²) in [6.45, 7) is 1.84. The monoisotopic (exact) mass is 495 g/mol. The Bertz CT molecular complexity index is 1140. The number of carbonyl (C=O) groups is 3. The Kier molecular flexibility index (Phi) is 7.98. The molecule has 1 fully saturated rings. The summed E-state index contributed by atoms with van der Waals surface area (Å²) in [5, 5.41) is 5.52. The molecule has 1 aromatic heterocycles. The number of benzene rings is 2. The van der Waals surface area contributed by atoms with Crippen molar-refractivity contribution < 1.29 is 14.4 Å². The first-order valence-electron chi connectivity index (χ1n) is 11.3. The van der Waals surface area contributed by atoms with Gasteiger partial charge in [-0.25, -0.2) is 0 Å². The number of amides is 3. The van der Waals surface area contributed by atoms with Gasteiger partial charge >= 0.3 is 0 Å². The number of hydrogen-bond acceptors (Lipinski definition) is 4. The third-order valence-electron chi connectivity index (χ3n) is 5.75. The molecule has 8 heteroatoms. The maximum absolute atomic E-state index is 13.0. The number of nitrogens with zero attached hydrogens (tertiary/aromatic N) is 2. The van der Waals surface area contributed by atoms with E-state index < -0.39 is 0 Å². The maximum atomic E-state index is 13.0. The summed E-state index contributed by atoms with van der Waals surface area (Å²) >= 11 is 7.60. The van der Waals surface area contributed by atoms with Crippen molar-refractivity contribution in [1.29, 1.82) is 0 Å². The molecule has 2 heterocycles. The van der Waals surface area contributed by atoms with Crippen LogP contribution >= 0.6 is 22.9 Å². The van der Waals surface area contributed by atoms with E-state index in [1.807, 2.05) is 11.4 Å². The van der Waals surface area contributed by atoms with Crippen LogP contribution in [0.3, 0.4) is 0 Å². The lowest BCUT2D eigenvalue weighted by Gasteiger charge is -2.35. The normalized spacial score (nSPS) is 13.6. The summed E-state index contributed by atoms with van der Waals surface area (Å²) in [6.07, 6.45) is 2.10. The number of anilines is 1. The van der Waals surface area contributed by atoms with Gasteiger partial charge in [0.15, 0.2) is 0 Å². The van der Waals surface area contributed by atoms with Crippen molar-refractivity contribution in [2.75, 3.05) is 31.5 Å². The highest BCUT2D eigenvalue weighted by Crippen LogP contribution is 2.17. The van der Waals surface area contributed by atoms with E-state index in [1.165, 1.54) is 4.88 Å². The molecule has 4 rings (SSSR count). The molecule has 1 aliphatic rings. The van der Waals surface area contributed by atoms with Crippen molar-refractivity contribution in [3.05, 3.63) is 87.1 Å². The van der Waals surface area contributed by atoms with Crippen LogP contribution in [0.4, 0.5) is 5.69 Å². The number of hydrogen-bond donors (Lipinski definition) is 1. The Morgan fingerprint density at radius 3 is 2.18 bits per heavy atom. The summed E-state index contributed by atoms with van der Waals surface area (Å²) in [5.41, 5.74) is 1.72. The molecule has 0 unspecified atom stereocenters. The van der Waals surface area contributed by atoms with Gasteiger partial charge in [-0.1, -0.05) is 23.7 Å². The molecule has 0 saturated carbocycles. The maximum Gasteiger partial charge on any atom is 0.254 e. The van der Waals surface area contributed by atoms with E-state index in [0.717, 1.165) is 12.8 Å². The molecule has 0 aliphatic carbocycles. The molecule has 0 bridgehead atoms. The highest BCUT2D eigenvalue weighted by atomic mass is 35.5. The zero-order valence-corrected chi connectivity index (χ0v) is 20.3. The van der Waals surface area contributed by atoms with Crippen molar-refractivity contribution in [3.8, 4) is 0 Å². The Labute approximate surface area is 208 Å². The SMILES string of the molecule is O=C(CCCc1cccs1)Nc1cccc(C(=O)N2CCN(C(=O)c3ccc(Cl)cc3)CC2)c1. The quantitative estimate of drug-likeness (QED) is 0.503. The molecular formula is C26H26ClN3O3S. The van der Waals surface area contributed by atoms with Crippen molar-refractivity contribution in [1.82, 2.24) is 9.80 Å². The lowest BCUT2D eigenvalue weighted by atomic mass is 10.1. The number of aryl methyl sites for hydroxylation is 1. The average Bonchev–Trinajstić information content (AvgIpc) is 3.37. The molecular weight excluding hydrogens is 470 g/mol. The second-order valence-electron chi connectivity index (χ2n) is 8.15. The van der Waals surface area contributed by atoms with Crippen LogP contribution in [0.1, 0.15) is 38.4 Å². The van der Waals surface area contributed by atoms with Crippen LogP contribution in [0.2, 0.25) is 5.02 Å². The Hall–Kier alpha value is -3.16. The lowest BCUT2D eigenvalue weighted by Crippen LogP contribution is -2.50. The molecule has 1 N–H and O–H groups in total. The first kappa shape index (κ1) is 24.0. The third kappa shape index (κ3) is 6.24. The van der Waals surface area contributed by atoms with Gasteiger partial charge in [-0.3, -0.25) is 14.4 Å². The van der Waals surface area contributed by atoms with Gasteiger partial charge in [0, 0.05) is 59.3 Å². The van der Waals surface area contributed by atoms with Crippen molar-refractivity contribution >= 4 is 46.3 Å². The Morgan fingerprint density at radius 1 is 0.853 bits per heavy atom. The average molecular weight is 496 g/mol. The number of thiophene rings is 1. The number of carbonyl (C=O) groups excluding carboxylic acids is 3. The fraction of sp³-hybridized carbons (Fsp3) is 0.269. The summed E-state index contributed by atoms with van der Waals surface area (Å²) in [5.74, 6) is -0.226. The van der Waals surface area contributed by atoms with E-state index in [-0.39, 0.29) is 17.7 Å². The van der Waals surface area contributed by atoms with Gasteiger partial charge in [0.25, 0.3) is 11.8 Å². The second-order valence-corrected chi connectivity index (χ2v) is 9.62. The van der Waals surface area contributed by atoms with Crippen LogP contribution in [0.15, 0.2) is 66.0 Å². The molecule has 3 amide bonds. The van der Waals surface area contributed by atoms with E-state index in [4.69, 9.17) is 11.6 Å². The molecule has 0 atom stereocenters. The van der Waals surface area contributed by atoms with Crippen molar-refractivity contribution in [3.63, 3.8) is 0 Å². The van der Waals surface area contributed by atoms with E-state index >= 15 is 0 Å². The molecule has 34 heavy (non-hydrogen) atoms. The smallest absolute Gasteiger partial charge is 0.254 e. The number of piperazine rings is 1. The van der Waals surface area contributed by atoms with E-state index in [9.17, 15) is 14.4 Å². The summed E-state index contributed by atoms with van der Waals surface area (Å²) in [4.78, 5) is 42.8. The first-order valence-corrected chi connectivity index (χ1v) is 12.5. The predicted octanol–water partition coefficient (Wildman–Crippen LogP) is 4.96. The van der Waals surface area contributed by atoms with Crippen LogP contribution in [-0.2, 0) is 11.2 Å². The van der Waals surface area contributed by atoms with Gasteiger partial charge in [-0.15, -0.1) is 11.3 Å². The topological polar surface area (TPSA) is 69.7 Å². The Balaban J connectivity index is 1.28. The fourth-order valence-electron chi connectivity index (χ4n) is 3.90. The molecule has 0 spiro atoms. The van der Waals surface area contributed by atoms with E-state index in [1.54, 1.807) is 69.7 Å². The highest BCUT2D eigenvalue weighted by Gasteiger charge is 2.25. The van der Waals surface area contributed by atoms with Crippen LogP contribution in [-0.4, -0.2) is 53.7 Å². The Morgan fingerprint density at radius 2 is 1.53 bits per heavy atom. The second kappa shape index (κ2) is 11.3. The molecule has 176 valence electrons. The highest BCUT2D eigenvalue weighted by molar-refractivity contribution is 7.09. The molecule has 0 radical (unpaired) electrons. The molecule has 3 aromatic rings. The van der Waals surface area contributed by atoms with Crippen LogP contribution in [0, 0.1) is 0 Å². The standard InChI is InChI=1S/C26H26ClN3O3S/c27-21-11-9-19(10-12-21)25(32)29-13-15-30(16-14-29)26(33)20-4-1-5-22(18-20)28-24(31)8-2-6-23-7-3-17-34-23/h1,3-5,7,9-12,17-18H,2,6,8,13-16H2,(H,28,31). The van der Waals surface area contributed by atoms with Crippen molar-refractivity contribution in [2.45, 2.75) is 19.3 Å². The van der Waals surface area contributed by atoms with Gasteiger partial charge in [0.05, 0.1) is 0 Å². The fourth-order valence-corrected chi connectivity index (χ4v) is 4.78. The summed E-state index contributed by atoms with van der Waals surface area (Å²) in [6, 6.07) is 17.9. The molecule has 6 nitrogen and oxygen atoms in total. The molecule has 1 saturated heterocycles. The minimum atomic E-state index is -0.104. The molecule has 2 aromatic carbocycles. The number of halogens is 1. The largest absolute Gasteiger partial charge is 0.335 e. The minimum absolute atomic E-state index is 0.0597. The van der Waals surface area contributed by atoms with Gasteiger partial charge in [0.1, 0.15) is 0 Å². The number of rotatable bonds is 7. The van der Waals surface area contributed by atoms with Crippen LogP contribution in [0.25, 0.3) is 0 Å². The van der Waals surface area contributed by atoms with Gasteiger partial charge in [-0.05, 0) is 66.8 Å². The van der Waals surface area contributed by atoms with E-state index in [0.29, 0.717) is 54.4 Å². The predicted molar refractivity (Wildman–Crippen MR) is 136 cm³/mol. The van der Waals surface area contributed by atoms with Crippen LogP contribution < -0.4 is 5.32 Å². The molecule has 1 aliphatic heterocycles. The van der Waals surface area contributed by atoms with E-state index in [2.05, 4.69) is 11.4 Å². The zero-order valence-electron chi connectivity index (χ0n) is 18.7. The van der Waals surface area contributed by atoms with Gasteiger partial charge in [-0.2, -0.15) is 0 Å².